The first-order valence-electron chi connectivity index (χ1n) is 12.1. The van der Waals surface area contributed by atoms with Gasteiger partial charge in [-0.2, -0.15) is 0 Å². The minimum Gasteiger partial charge on any atom is -0.355 e. The number of benzene rings is 1. The smallest absolute Gasteiger partial charge is 0.151 e. The van der Waals surface area contributed by atoms with Crippen LogP contribution < -0.4 is 4.90 Å². The topological polar surface area (TPSA) is 63.0 Å². The van der Waals surface area contributed by atoms with Crippen molar-refractivity contribution in [2.24, 2.45) is 5.41 Å². The van der Waals surface area contributed by atoms with Crippen LogP contribution in [0.4, 0.5) is 10.2 Å². The number of alkyl halides is 1. The average molecular weight is 480 g/mol. The fourth-order valence-electron chi connectivity index (χ4n) is 6.13. The third-order valence-corrected chi connectivity index (χ3v) is 8.19. The van der Waals surface area contributed by atoms with Crippen LogP contribution in [0.1, 0.15) is 54.6 Å². The van der Waals surface area contributed by atoms with Gasteiger partial charge in [-0.15, -0.1) is 10.2 Å². The van der Waals surface area contributed by atoms with Crippen molar-refractivity contribution in [2.45, 2.75) is 57.3 Å². The highest BCUT2D eigenvalue weighted by Crippen LogP contribution is 2.56. The van der Waals surface area contributed by atoms with Gasteiger partial charge in [0.1, 0.15) is 23.1 Å². The second-order valence-corrected chi connectivity index (χ2v) is 11.2. The van der Waals surface area contributed by atoms with E-state index in [0.717, 1.165) is 60.5 Å². The van der Waals surface area contributed by atoms with Gasteiger partial charge < -0.3 is 4.90 Å². The van der Waals surface area contributed by atoms with Crippen molar-refractivity contribution >= 4 is 17.4 Å². The Labute approximate surface area is 203 Å². The monoisotopic (exact) mass is 479 g/mol. The molecule has 176 valence electrons. The van der Waals surface area contributed by atoms with Gasteiger partial charge in [-0.3, -0.25) is 9.47 Å². The van der Waals surface area contributed by atoms with E-state index < -0.39 is 5.67 Å². The molecule has 1 spiro atoms. The van der Waals surface area contributed by atoms with Crippen molar-refractivity contribution in [3.05, 3.63) is 58.5 Å². The Balaban J connectivity index is 1.13. The summed E-state index contributed by atoms with van der Waals surface area (Å²) in [5.41, 5.74) is 1.48. The van der Waals surface area contributed by atoms with Crippen LogP contribution in [0, 0.1) is 12.3 Å². The third kappa shape index (κ3) is 3.41. The predicted octanol–water partition coefficient (Wildman–Crippen LogP) is 4.22. The molecule has 2 aliphatic carbocycles. The molecule has 2 saturated carbocycles. The summed E-state index contributed by atoms with van der Waals surface area (Å²) in [6.07, 6.45) is 5.34. The van der Waals surface area contributed by atoms with Crippen LogP contribution in [-0.2, 0) is 13.1 Å². The van der Waals surface area contributed by atoms with Gasteiger partial charge in [0.25, 0.3) is 0 Å². The van der Waals surface area contributed by atoms with Crippen LogP contribution in [0.25, 0.3) is 5.69 Å². The Hall–Kier alpha value is -2.58. The molecule has 9 heteroatoms. The van der Waals surface area contributed by atoms with Crippen molar-refractivity contribution in [3.8, 4) is 5.69 Å². The Morgan fingerprint density at radius 3 is 2.71 bits per heavy atom. The van der Waals surface area contributed by atoms with Crippen LogP contribution in [0.3, 0.4) is 0 Å². The number of aromatic nitrogens is 5. The lowest BCUT2D eigenvalue weighted by molar-refractivity contribution is 0.0581. The molecule has 0 radical (unpaired) electrons. The lowest BCUT2D eigenvalue weighted by Gasteiger charge is -2.59. The van der Waals surface area contributed by atoms with Crippen molar-refractivity contribution < 1.29 is 4.39 Å². The molecule has 4 aliphatic rings. The number of nitrogens with zero attached hydrogens (tertiary/aromatic N) is 7. The lowest BCUT2D eigenvalue weighted by Crippen LogP contribution is -2.62. The largest absolute Gasteiger partial charge is 0.355 e. The molecule has 0 atom stereocenters. The standard InChI is InChI=1S/C25H27ClFN7/c1-16-28-7-4-21(29-16)33-13-24(14-33)9-18(10-24)23-31-30-22-12-32(15-25(27)5-6-25)11-17-8-19(26)2-3-20(17)34(22)23/h2-4,7-8,18H,5-6,9-15H2,1H3. The van der Waals surface area contributed by atoms with E-state index in [1.165, 1.54) is 0 Å². The maximum Gasteiger partial charge on any atom is 0.151 e. The van der Waals surface area contributed by atoms with Gasteiger partial charge in [0, 0.05) is 48.7 Å². The van der Waals surface area contributed by atoms with Crippen LogP contribution in [0.5, 0.6) is 0 Å². The molecule has 0 bridgehead atoms. The number of anilines is 1. The molecular formula is C25H27ClFN7. The summed E-state index contributed by atoms with van der Waals surface area (Å²) < 4.78 is 16.9. The Morgan fingerprint density at radius 1 is 1.12 bits per heavy atom. The number of halogens is 2. The van der Waals surface area contributed by atoms with Crippen LogP contribution in [0.2, 0.25) is 5.02 Å². The minimum atomic E-state index is -1.05. The number of aryl methyl sites for hydroxylation is 1. The molecule has 4 heterocycles. The highest BCUT2D eigenvalue weighted by atomic mass is 35.5. The summed E-state index contributed by atoms with van der Waals surface area (Å²) in [6.45, 7) is 5.70. The maximum atomic E-state index is 14.6. The Morgan fingerprint density at radius 2 is 1.94 bits per heavy atom. The van der Waals surface area contributed by atoms with Crippen molar-refractivity contribution in [2.75, 3.05) is 24.5 Å². The maximum absolute atomic E-state index is 14.6. The van der Waals surface area contributed by atoms with Crippen molar-refractivity contribution in [1.82, 2.24) is 29.6 Å². The fraction of sp³-hybridized carbons (Fsp3) is 0.520. The molecule has 1 saturated heterocycles. The summed E-state index contributed by atoms with van der Waals surface area (Å²) in [4.78, 5) is 13.3. The number of hydrogen-bond acceptors (Lipinski definition) is 6. The van der Waals surface area contributed by atoms with Crippen molar-refractivity contribution in [1.29, 1.82) is 0 Å². The molecule has 1 aromatic carbocycles. The van der Waals surface area contributed by atoms with E-state index in [1.807, 2.05) is 31.3 Å². The second-order valence-electron chi connectivity index (χ2n) is 10.8. The molecule has 0 N–H and O–H groups in total. The van der Waals surface area contributed by atoms with Gasteiger partial charge in [-0.25, -0.2) is 14.4 Å². The van der Waals surface area contributed by atoms with Crippen LogP contribution >= 0.6 is 11.6 Å². The SMILES string of the molecule is Cc1nccc(N2CC3(CC(c4nnc5n4-c4ccc(Cl)cc4CN(CC4(F)CC4)C5)C3)C2)n1. The number of fused-ring (bicyclic) bond motifs is 3. The highest BCUT2D eigenvalue weighted by molar-refractivity contribution is 6.30. The summed E-state index contributed by atoms with van der Waals surface area (Å²) in [5, 5.41) is 9.97. The van der Waals surface area contributed by atoms with E-state index in [-0.39, 0.29) is 0 Å². The van der Waals surface area contributed by atoms with Gasteiger partial charge in [0.2, 0.25) is 0 Å². The molecule has 2 aromatic heterocycles. The van der Waals surface area contributed by atoms with Gasteiger partial charge >= 0.3 is 0 Å². The van der Waals surface area contributed by atoms with Gasteiger partial charge in [-0.05, 0) is 62.4 Å². The van der Waals surface area contributed by atoms with E-state index in [2.05, 4.69) is 40.6 Å². The summed E-state index contributed by atoms with van der Waals surface area (Å²) in [7, 11) is 0. The fourth-order valence-corrected chi connectivity index (χ4v) is 6.33. The van der Waals surface area contributed by atoms with Crippen LogP contribution in [0.15, 0.2) is 30.5 Å². The minimum absolute atomic E-state index is 0.335. The molecule has 34 heavy (non-hydrogen) atoms. The van der Waals surface area contributed by atoms with E-state index >= 15 is 0 Å². The number of rotatable bonds is 4. The zero-order valence-electron chi connectivity index (χ0n) is 19.2. The predicted molar refractivity (Wildman–Crippen MR) is 127 cm³/mol. The number of hydrogen-bond donors (Lipinski definition) is 0. The van der Waals surface area contributed by atoms with Crippen LogP contribution in [-0.4, -0.2) is 54.9 Å². The molecule has 0 unspecified atom stereocenters. The normalized spacial score (nSPS) is 22.5. The quantitative estimate of drug-likeness (QED) is 0.558. The molecule has 7 rings (SSSR count). The van der Waals surface area contributed by atoms with Crippen molar-refractivity contribution in [3.63, 3.8) is 0 Å². The summed E-state index contributed by atoms with van der Waals surface area (Å²) >= 11 is 6.36. The van der Waals surface area contributed by atoms with E-state index in [1.54, 1.807) is 0 Å². The Kier molecular flexibility index (Phi) is 4.40. The van der Waals surface area contributed by atoms with Gasteiger partial charge in [0.15, 0.2) is 5.82 Å². The van der Waals surface area contributed by atoms with E-state index in [0.29, 0.717) is 48.8 Å². The zero-order valence-corrected chi connectivity index (χ0v) is 20.0. The Bertz CT molecular complexity index is 1270. The molecular weight excluding hydrogens is 453 g/mol. The first kappa shape index (κ1) is 20.8. The van der Waals surface area contributed by atoms with Gasteiger partial charge in [-0.1, -0.05) is 11.6 Å². The molecule has 3 fully saturated rings. The first-order chi connectivity index (χ1) is 16.4. The average Bonchev–Trinajstić information content (AvgIpc) is 3.36. The van der Waals surface area contributed by atoms with E-state index in [4.69, 9.17) is 11.6 Å². The lowest BCUT2D eigenvalue weighted by atomic mass is 9.57. The molecule has 3 aromatic rings. The summed E-state index contributed by atoms with van der Waals surface area (Å²) in [5.74, 6) is 4.13. The van der Waals surface area contributed by atoms with Gasteiger partial charge in [0.05, 0.1) is 12.2 Å². The molecule has 7 nitrogen and oxygen atoms in total. The van der Waals surface area contributed by atoms with E-state index in [9.17, 15) is 4.39 Å². The molecule has 0 amide bonds. The second kappa shape index (κ2) is 7.21. The summed E-state index contributed by atoms with van der Waals surface area (Å²) in [6, 6.07) is 8.00. The zero-order chi connectivity index (χ0) is 23.1. The molecule has 2 aliphatic heterocycles. The third-order valence-electron chi connectivity index (χ3n) is 7.96. The highest BCUT2D eigenvalue weighted by Gasteiger charge is 2.54. The first-order valence-corrected chi connectivity index (χ1v) is 12.5.